The lowest BCUT2D eigenvalue weighted by atomic mass is 9.86. The van der Waals surface area contributed by atoms with E-state index in [9.17, 15) is 0 Å². The summed E-state index contributed by atoms with van der Waals surface area (Å²) in [5.74, 6) is 0. The quantitative estimate of drug-likeness (QED) is 0.0810. The minimum Gasteiger partial charge on any atom is -0.201 e. The van der Waals surface area contributed by atoms with Gasteiger partial charge < -0.3 is 0 Å². The number of nitrogens with zero attached hydrogens (tertiary/aromatic N) is 5. The van der Waals surface area contributed by atoms with E-state index in [2.05, 4.69) is 202 Å². The second kappa shape index (κ2) is 37.2. The van der Waals surface area contributed by atoms with E-state index in [1.807, 2.05) is 214 Å². The van der Waals surface area contributed by atoms with E-state index < -0.39 is 83.3 Å². The van der Waals surface area contributed by atoms with Crippen molar-refractivity contribution in [1.82, 2.24) is 0 Å². The number of aryl methyl sites for hydroxylation is 17. The summed E-state index contributed by atoms with van der Waals surface area (Å²) < 4.78 is 140. The predicted octanol–water partition coefficient (Wildman–Crippen LogP) is 23.3. The van der Waals surface area contributed by atoms with Crippen LogP contribution < -0.4 is 43.6 Å². The van der Waals surface area contributed by atoms with Crippen LogP contribution in [0.2, 0.25) is 78.6 Å². The maximum atomic E-state index is 9.12. The molecule has 0 aliphatic carbocycles. The second-order valence-corrected chi connectivity index (χ2v) is 58.2. The van der Waals surface area contributed by atoms with E-state index in [0.29, 0.717) is 38.9 Å². The minimum absolute atomic E-state index is 0.330. The van der Waals surface area contributed by atoms with Crippen LogP contribution in [0.3, 0.4) is 0 Å². The Labute approximate surface area is 724 Å². The number of hydrogen-bond donors (Lipinski definition) is 0. The molecular formula is C106H144N5Si4+5. The van der Waals surface area contributed by atoms with Gasteiger partial charge in [0, 0.05) is 108 Å². The average Bonchev–Trinajstić information content (AvgIpc) is 0.745. The molecule has 12 aromatic rings. The molecule has 5 aromatic heterocycles. The van der Waals surface area contributed by atoms with Crippen LogP contribution in [-0.4, -0.2) is 32.3 Å². The Balaban J connectivity index is 0.000000206. The summed E-state index contributed by atoms with van der Waals surface area (Å²) in [7, 11) is 4.10. The molecule has 5 heterocycles. The lowest BCUT2D eigenvalue weighted by Crippen LogP contribution is -2.47. The molecule has 0 spiro atoms. The third kappa shape index (κ3) is 24.4. The van der Waals surface area contributed by atoms with Crippen molar-refractivity contribution in [2.24, 2.45) is 46.1 Å². The molecule has 115 heavy (non-hydrogen) atoms. The maximum absolute atomic E-state index is 9.12. The molecule has 5 nitrogen and oxygen atoms in total. The largest absolute Gasteiger partial charge is 0.212 e. The van der Waals surface area contributed by atoms with Crippen molar-refractivity contribution in [2.75, 3.05) is 0 Å². The number of aromatic nitrogens is 5. The molecule has 0 radical (unpaired) electrons. The van der Waals surface area contributed by atoms with Gasteiger partial charge in [-0.1, -0.05) is 245 Å². The first-order chi connectivity index (χ1) is 59.7. The number of rotatable bonds is 13. The summed E-state index contributed by atoms with van der Waals surface area (Å²) in [6, 6.07) is 61.0. The molecule has 0 atom stereocenters. The fourth-order valence-electron chi connectivity index (χ4n) is 14.4. The number of pyridine rings is 5. The summed E-state index contributed by atoms with van der Waals surface area (Å²) in [5.41, 5.74) is 24.0. The zero-order chi connectivity index (χ0) is 99.1. The monoisotopic (exact) mass is 1620 g/mol. The third-order valence-corrected chi connectivity index (χ3v) is 29.2. The fraction of sp³-hybridized carbons (Fsp3) is 0.368. The van der Waals surface area contributed by atoms with Crippen molar-refractivity contribution in [2.45, 2.75) is 216 Å². The van der Waals surface area contributed by atoms with Gasteiger partial charge in [0.25, 0.3) is 0 Å². The van der Waals surface area contributed by atoms with Gasteiger partial charge in [-0.15, -0.1) is 0 Å². The summed E-state index contributed by atoms with van der Waals surface area (Å²) >= 11 is 0. The van der Waals surface area contributed by atoms with E-state index in [-0.39, 0.29) is 0 Å². The lowest BCUT2D eigenvalue weighted by Gasteiger charge is -2.25. The van der Waals surface area contributed by atoms with Crippen LogP contribution in [0, 0.1) is 93.6 Å². The molecule has 9 heteroatoms. The molecular weight excluding hydrogens is 1460 g/mol. The lowest BCUT2D eigenvalue weighted by molar-refractivity contribution is -0.661. The third-order valence-electron chi connectivity index (χ3n) is 21.1. The highest BCUT2D eigenvalue weighted by Gasteiger charge is 2.30. The highest BCUT2D eigenvalue weighted by atomic mass is 28.3. The van der Waals surface area contributed by atoms with Crippen molar-refractivity contribution in [1.29, 1.82) is 0 Å². The molecule has 604 valence electrons. The van der Waals surface area contributed by atoms with E-state index >= 15 is 0 Å². The Morgan fingerprint density at radius 2 is 0.661 bits per heavy atom. The highest BCUT2D eigenvalue weighted by Crippen LogP contribution is 2.36. The Morgan fingerprint density at radius 1 is 0.278 bits per heavy atom. The van der Waals surface area contributed by atoms with Gasteiger partial charge in [0.2, 0.25) is 28.5 Å². The molecule has 0 amide bonds. The summed E-state index contributed by atoms with van der Waals surface area (Å²) in [4.78, 5) is 0. The summed E-state index contributed by atoms with van der Waals surface area (Å²) in [6.45, 7) is 47.2. The first-order valence-corrected chi connectivity index (χ1v) is 54.5. The van der Waals surface area contributed by atoms with Crippen LogP contribution in [0.1, 0.15) is 141 Å². The first kappa shape index (κ1) is 70.4. The molecule has 0 saturated carbocycles. The van der Waals surface area contributed by atoms with E-state index in [1.165, 1.54) is 49.1 Å². The Bertz CT molecular complexity index is 6070. The SMILES string of the molecule is Cc1cc[n+](C)c(-c2ccc([Si](C)(C)C)cc2C)c1.[2H]C([2H])([2H])c1c[n+](C)c(-c2ccc([Si](C)(C)C)cc2C)cc1C.[2H]C([2H])([2H])c1cc(C)c(-c2cc(C([2H])([2H])C(C)(C)C)c([Si](C)(C)C)c[n+]2C)cc1-c1ccccc1.[2H]C([2H])([2H])c1cc(C)c(-c2cc(C)c(C([2H])([2H])C(C)(C)C)c[n+]2C)cc1-c1ccccc1.[2H]C([2H])([2H])c1ccc(-c2ccc([Si](C)(C)C)cc2C)[n+](C)c1. The molecule has 0 N–H and O–H groups in total. The summed E-state index contributed by atoms with van der Waals surface area (Å²) in [6.07, 6.45) is 6.51. The molecule has 0 fully saturated rings. The Hall–Kier alpha value is -8.84. The smallest absolute Gasteiger partial charge is 0.201 e. The van der Waals surface area contributed by atoms with Crippen molar-refractivity contribution in [3.05, 3.63) is 291 Å². The molecule has 7 aromatic carbocycles. The first-order valence-electron chi connectivity index (χ1n) is 48.5. The van der Waals surface area contributed by atoms with Crippen LogP contribution in [0.15, 0.2) is 213 Å². The minimum atomic E-state index is -2.24. The van der Waals surface area contributed by atoms with Crippen molar-refractivity contribution in [3.8, 4) is 78.5 Å². The van der Waals surface area contributed by atoms with E-state index in [0.717, 1.165) is 89.2 Å². The van der Waals surface area contributed by atoms with Crippen LogP contribution in [0.25, 0.3) is 78.5 Å². The standard InChI is InChI=1S/C28H38NSi.C26H32N.C18H26NSi.2C17H24NSi/c1-20-15-21(2)25(17-24(20)22-13-11-10-12-14-22)26-16-23(18-28(3,4)5)27(19-29(26)6)30(7,8)9;1-18-14-25(27(7)17-22(18)16-26(4,5)6)24-15-23(19(2)13-20(24)3)21-11-9-8-10-12-21;1-13-11-18(19(4)12-15(13)3)17-9-8-16(10-14(17)2)20(5,6)7;1-13-7-10-17(18(3)12-13)16-9-8-15(11-14(16)2)19(4,5)6;1-13-9-10-18(3)17(11-13)16-8-7-15(12-14(16)2)19(4,5)6/h10-17,19H,18H2,1-9H3;8-15,17H,16H2,1-7H3;8-12H,1-7H3;2*7-12H,1-6H3/q5*+1/i1D3,18D2;2D3,16D2;3D3;1D3;. The van der Waals surface area contributed by atoms with Crippen molar-refractivity contribution >= 4 is 53.0 Å². The van der Waals surface area contributed by atoms with Gasteiger partial charge >= 0.3 is 0 Å². The van der Waals surface area contributed by atoms with Crippen LogP contribution in [-0.2, 0) is 48.0 Å². The second-order valence-electron chi connectivity index (χ2n) is 37.9. The topological polar surface area (TPSA) is 19.4 Å². The summed E-state index contributed by atoms with van der Waals surface area (Å²) in [5, 5.41) is 5.51. The van der Waals surface area contributed by atoms with Crippen molar-refractivity contribution < 1.29 is 44.8 Å². The van der Waals surface area contributed by atoms with Gasteiger partial charge in [0.15, 0.2) is 31.0 Å². The molecule has 0 aliphatic rings. The van der Waals surface area contributed by atoms with Gasteiger partial charge in [0.1, 0.15) is 35.2 Å². The van der Waals surface area contributed by atoms with Gasteiger partial charge in [-0.25, -0.2) is 22.8 Å². The van der Waals surface area contributed by atoms with Gasteiger partial charge in [-0.3, -0.25) is 0 Å². The predicted molar refractivity (Wildman–Crippen MR) is 511 cm³/mol. The van der Waals surface area contributed by atoms with E-state index in [4.69, 9.17) is 21.9 Å². The zero-order valence-electron chi connectivity index (χ0n) is 91.4. The van der Waals surface area contributed by atoms with Crippen LogP contribution in [0.5, 0.6) is 0 Å². The van der Waals surface area contributed by atoms with Crippen molar-refractivity contribution in [3.63, 3.8) is 0 Å². The molecule has 0 unspecified atom stereocenters. The van der Waals surface area contributed by atoms with Gasteiger partial charge in [-0.05, 0) is 226 Å². The van der Waals surface area contributed by atoms with Gasteiger partial charge in [-0.2, -0.15) is 0 Å². The average molecular weight is 1620 g/mol. The van der Waals surface area contributed by atoms with Crippen LogP contribution >= 0.6 is 0 Å². The highest BCUT2D eigenvalue weighted by molar-refractivity contribution is 6.90. The number of benzene rings is 7. The van der Waals surface area contributed by atoms with E-state index in [1.54, 1.807) is 30.6 Å². The molecule has 0 bridgehead atoms. The number of hydrogen-bond acceptors (Lipinski definition) is 0. The molecule has 12 rings (SSSR count). The molecule has 0 aliphatic heterocycles. The fourth-order valence-corrected chi connectivity index (χ4v) is 19.6. The molecule has 0 saturated heterocycles. The Morgan fingerprint density at radius 3 is 1.07 bits per heavy atom. The van der Waals surface area contributed by atoms with Crippen LogP contribution in [0.4, 0.5) is 0 Å². The van der Waals surface area contributed by atoms with Gasteiger partial charge in [0.05, 0.1) is 32.3 Å². The maximum Gasteiger partial charge on any atom is 0.212 e. The normalized spacial score (nSPS) is 14.6. The zero-order valence-corrected chi connectivity index (χ0v) is 79.4. The Kier molecular flexibility index (Phi) is 22.8.